The smallest absolute Gasteiger partial charge is 0.415 e. The summed E-state index contributed by atoms with van der Waals surface area (Å²) in [5, 5.41) is 9.63. The van der Waals surface area contributed by atoms with Gasteiger partial charge in [-0.25, -0.2) is 4.79 Å². The molecule has 2 aromatic rings. The number of methoxy groups -OCH3 is 2. The minimum Gasteiger partial charge on any atom is -0.504 e. The first-order chi connectivity index (χ1) is 17.3. The summed E-state index contributed by atoms with van der Waals surface area (Å²) >= 11 is 0. The van der Waals surface area contributed by atoms with Crippen LogP contribution in [0.1, 0.15) is 17.5 Å². The molecule has 0 radical (unpaired) electrons. The molecule has 0 aliphatic carbocycles. The van der Waals surface area contributed by atoms with E-state index >= 15 is 0 Å². The number of nitrogens with zero attached hydrogens (tertiary/aromatic N) is 2. The van der Waals surface area contributed by atoms with Crippen LogP contribution in [0.5, 0.6) is 23.0 Å². The molecule has 1 saturated heterocycles. The van der Waals surface area contributed by atoms with Gasteiger partial charge in [0.25, 0.3) is 0 Å². The lowest BCUT2D eigenvalue weighted by Gasteiger charge is -2.31. The van der Waals surface area contributed by atoms with Gasteiger partial charge in [-0.15, -0.1) is 0 Å². The minimum atomic E-state index is -0.433. The number of ketones is 2. The SMILES string of the molecule is COc1cc(C=CC(=O)CC(=O)C=Cc2ccc(OC(=O)N3CCN(C)CC3)c(OC)c2)ccc1O. The summed E-state index contributed by atoms with van der Waals surface area (Å²) in [6, 6.07) is 9.62. The number of carbonyl (C=O) groups excluding carboxylic acids is 3. The third-order valence-corrected chi connectivity index (χ3v) is 5.62. The summed E-state index contributed by atoms with van der Waals surface area (Å²) in [5.74, 6) is 0.211. The van der Waals surface area contributed by atoms with Gasteiger partial charge in [-0.2, -0.15) is 0 Å². The predicted octanol–water partition coefficient (Wildman–Crippen LogP) is 3.41. The number of amides is 1. The van der Waals surface area contributed by atoms with E-state index in [0.717, 1.165) is 13.1 Å². The Balaban J connectivity index is 1.56. The molecule has 3 rings (SSSR count). The number of hydrogen-bond acceptors (Lipinski definition) is 8. The van der Waals surface area contributed by atoms with Crippen molar-refractivity contribution in [3.05, 3.63) is 59.7 Å². The van der Waals surface area contributed by atoms with E-state index in [4.69, 9.17) is 14.2 Å². The van der Waals surface area contributed by atoms with E-state index in [-0.39, 0.29) is 29.5 Å². The maximum atomic E-state index is 12.5. The third-order valence-electron chi connectivity index (χ3n) is 5.62. The molecule has 36 heavy (non-hydrogen) atoms. The average Bonchev–Trinajstić information content (AvgIpc) is 2.87. The summed E-state index contributed by atoms with van der Waals surface area (Å²) in [6.45, 7) is 2.76. The van der Waals surface area contributed by atoms with E-state index in [1.807, 2.05) is 7.05 Å². The molecule has 9 nitrogen and oxygen atoms in total. The fourth-order valence-electron chi connectivity index (χ4n) is 3.49. The first-order valence-electron chi connectivity index (χ1n) is 11.4. The molecule has 1 amide bonds. The first-order valence-corrected chi connectivity index (χ1v) is 11.4. The highest BCUT2D eigenvalue weighted by atomic mass is 16.6. The van der Waals surface area contributed by atoms with Gasteiger partial charge in [0.1, 0.15) is 0 Å². The maximum Gasteiger partial charge on any atom is 0.415 e. The molecule has 1 aliphatic rings. The van der Waals surface area contributed by atoms with E-state index < -0.39 is 6.09 Å². The number of piperazine rings is 1. The Morgan fingerprint density at radius 2 is 1.39 bits per heavy atom. The fourth-order valence-corrected chi connectivity index (χ4v) is 3.49. The highest BCUT2D eigenvalue weighted by Crippen LogP contribution is 2.29. The zero-order valence-corrected chi connectivity index (χ0v) is 20.6. The van der Waals surface area contributed by atoms with Crippen molar-refractivity contribution < 1.29 is 33.7 Å². The van der Waals surface area contributed by atoms with Crippen LogP contribution in [0.4, 0.5) is 4.79 Å². The lowest BCUT2D eigenvalue weighted by atomic mass is 10.1. The molecule has 0 unspecified atom stereocenters. The van der Waals surface area contributed by atoms with Gasteiger partial charge in [-0.3, -0.25) is 9.59 Å². The predicted molar refractivity (Wildman–Crippen MR) is 135 cm³/mol. The number of likely N-dealkylation sites (N-methyl/N-ethyl adjacent to an activating group) is 1. The van der Waals surface area contributed by atoms with Crippen LogP contribution in [0.2, 0.25) is 0 Å². The van der Waals surface area contributed by atoms with Crippen molar-refractivity contribution in [1.29, 1.82) is 0 Å². The number of rotatable bonds is 9. The van der Waals surface area contributed by atoms with Crippen molar-refractivity contribution in [3.63, 3.8) is 0 Å². The summed E-state index contributed by atoms with van der Waals surface area (Å²) in [7, 11) is 4.91. The Labute approximate surface area is 210 Å². The monoisotopic (exact) mass is 494 g/mol. The van der Waals surface area contributed by atoms with Crippen LogP contribution in [0, 0.1) is 0 Å². The molecule has 1 aliphatic heterocycles. The number of aromatic hydroxyl groups is 1. The molecule has 0 bridgehead atoms. The van der Waals surface area contributed by atoms with Crippen LogP contribution in [-0.2, 0) is 9.59 Å². The van der Waals surface area contributed by atoms with Crippen LogP contribution in [0.15, 0.2) is 48.6 Å². The second kappa shape index (κ2) is 12.6. The van der Waals surface area contributed by atoms with Crippen molar-refractivity contribution >= 4 is 29.8 Å². The van der Waals surface area contributed by atoms with Crippen molar-refractivity contribution in [2.45, 2.75) is 6.42 Å². The van der Waals surface area contributed by atoms with E-state index in [1.165, 1.54) is 32.4 Å². The molecule has 1 N–H and O–H groups in total. The number of allylic oxidation sites excluding steroid dienone is 2. The topological polar surface area (TPSA) is 106 Å². The maximum absolute atomic E-state index is 12.5. The molecule has 190 valence electrons. The van der Waals surface area contributed by atoms with E-state index in [2.05, 4.69) is 4.90 Å². The van der Waals surface area contributed by atoms with Crippen LogP contribution in [0.25, 0.3) is 12.2 Å². The van der Waals surface area contributed by atoms with Crippen molar-refractivity contribution in [2.24, 2.45) is 0 Å². The van der Waals surface area contributed by atoms with Gasteiger partial charge in [0, 0.05) is 26.2 Å². The summed E-state index contributed by atoms with van der Waals surface area (Å²) in [5.41, 5.74) is 1.31. The molecular formula is C27H30N2O7. The van der Waals surface area contributed by atoms with Crippen molar-refractivity contribution in [3.8, 4) is 23.0 Å². The molecule has 1 fully saturated rings. The Kier molecular flexibility index (Phi) is 9.24. The minimum absolute atomic E-state index is 0.000789. The molecule has 0 saturated carbocycles. The molecule has 0 atom stereocenters. The Hall–Kier alpha value is -4.11. The third kappa shape index (κ3) is 7.44. The lowest BCUT2D eigenvalue weighted by molar-refractivity contribution is -0.121. The van der Waals surface area contributed by atoms with E-state index in [0.29, 0.717) is 35.7 Å². The summed E-state index contributed by atoms with van der Waals surface area (Å²) < 4.78 is 15.9. The molecular weight excluding hydrogens is 464 g/mol. The van der Waals surface area contributed by atoms with Crippen molar-refractivity contribution in [1.82, 2.24) is 9.80 Å². The highest BCUT2D eigenvalue weighted by molar-refractivity contribution is 6.10. The zero-order valence-electron chi connectivity index (χ0n) is 20.6. The normalized spacial score (nSPS) is 14.2. The molecule has 2 aromatic carbocycles. The van der Waals surface area contributed by atoms with Gasteiger partial charge < -0.3 is 29.1 Å². The van der Waals surface area contributed by atoms with Gasteiger partial charge in [0.05, 0.1) is 20.6 Å². The highest BCUT2D eigenvalue weighted by Gasteiger charge is 2.22. The Morgan fingerprint density at radius 1 is 0.833 bits per heavy atom. The molecule has 1 heterocycles. The number of hydrogen-bond donors (Lipinski definition) is 1. The van der Waals surface area contributed by atoms with Gasteiger partial charge >= 0.3 is 6.09 Å². The number of ether oxygens (including phenoxy) is 3. The van der Waals surface area contributed by atoms with Gasteiger partial charge in [-0.05, 0) is 54.6 Å². The van der Waals surface area contributed by atoms with Crippen LogP contribution >= 0.6 is 0 Å². The van der Waals surface area contributed by atoms with E-state index in [9.17, 15) is 19.5 Å². The molecule has 0 aromatic heterocycles. The van der Waals surface area contributed by atoms with Crippen LogP contribution in [-0.4, -0.2) is 80.0 Å². The van der Waals surface area contributed by atoms with Gasteiger partial charge in [0.2, 0.25) is 0 Å². The first kappa shape index (κ1) is 26.5. The van der Waals surface area contributed by atoms with Crippen LogP contribution in [0.3, 0.4) is 0 Å². The largest absolute Gasteiger partial charge is 0.504 e. The second-order valence-electron chi connectivity index (χ2n) is 8.28. The van der Waals surface area contributed by atoms with Gasteiger partial charge in [-0.1, -0.05) is 24.3 Å². The summed E-state index contributed by atoms with van der Waals surface area (Å²) in [4.78, 5) is 40.6. The molecule has 0 spiro atoms. The number of carbonyl (C=O) groups is 3. The number of benzene rings is 2. The standard InChI is InChI=1S/C27H30N2O7/c1-28-12-14-29(15-13-28)27(33)36-24-11-7-20(17-26(24)35-3)5-9-22(31)18-21(30)8-4-19-6-10-23(32)25(16-19)34-2/h4-11,16-17,32H,12-15,18H2,1-3H3. The van der Waals surface area contributed by atoms with Crippen LogP contribution < -0.4 is 14.2 Å². The lowest BCUT2D eigenvalue weighted by Crippen LogP contribution is -2.48. The Bertz CT molecular complexity index is 1160. The fraction of sp³-hybridized carbons (Fsp3) is 0.296. The number of phenols is 1. The second-order valence-corrected chi connectivity index (χ2v) is 8.28. The van der Waals surface area contributed by atoms with Gasteiger partial charge in [0.15, 0.2) is 34.6 Å². The van der Waals surface area contributed by atoms with E-state index in [1.54, 1.807) is 47.4 Å². The Morgan fingerprint density at radius 3 is 1.97 bits per heavy atom. The zero-order chi connectivity index (χ0) is 26.1. The van der Waals surface area contributed by atoms with Crippen molar-refractivity contribution in [2.75, 3.05) is 47.4 Å². The molecule has 9 heteroatoms. The number of phenolic OH excluding ortho intramolecular Hbond substituents is 1. The quantitative estimate of drug-likeness (QED) is 0.418. The average molecular weight is 495 g/mol. The summed E-state index contributed by atoms with van der Waals surface area (Å²) in [6.07, 6.45) is 5.02.